The van der Waals surface area contributed by atoms with Gasteiger partial charge in [-0.25, -0.2) is 4.21 Å². The molecule has 1 rings (SSSR count). The van der Waals surface area contributed by atoms with Gasteiger partial charge in [-0.2, -0.15) is 0 Å². The van der Waals surface area contributed by atoms with E-state index in [0.29, 0.717) is 17.7 Å². The molecule has 0 saturated heterocycles. The van der Waals surface area contributed by atoms with Crippen LogP contribution in [0.15, 0.2) is 29.2 Å². The molecule has 3 N–H and O–H groups in total. The summed E-state index contributed by atoms with van der Waals surface area (Å²) in [6.45, 7) is 3.45. The van der Waals surface area contributed by atoms with E-state index in [1.165, 1.54) is 0 Å². The van der Waals surface area contributed by atoms with Crippen molar-refractivity contribution in [3.05, 3.63) is 29.8 Å². The monoisotopic (exact) mass is 365 g/mol. The first-order valence-electron chi connectivity index (χ1n) is 6.88. The SMILES string of the molecule is CC[C@H](NC=O)O[C@@H](CO)COS(=O)c1ccc(C)cc1.OS. The number of nitrogens with one attached hydrogen (secondary N) is 1. The molecule has 1 aromatic carbocycles. The zero-order chi connectivity index (χ0) is 17.7. The Balaban J connectivity index is 0.00000232. The van der Waals surface area contributed by atoms with Crippen LogP contribution in [0, 0.1) is 6.92 Å². The Morgan fingerprint density at radius 3 is 2.43 bits per heavy atom. The van der Waals surface area contributed by atoms with Gasteiger partial charge in [-0.3, -0.25) is 8.98 Å². The normalized spacial score (nSPS) is 14.1. The van der Waals surface area contributed by atoms with Crippen LogP contribution in [0.4, 0.5) is 0 Å². The maximum absolute atomic E-state index is 11.9. The smallest absolute Gasteiger partial charge is 0.209 e. The van der Waals surface area contributed by atoms with Gasteiger partial charge in [0.25, 0.3) is 0 Å². The van der Waals surface area contributed by atoms with Crippen LogP contribution in [-0.2, 0) is 24.8 Å². The summed E-state index contributed by atoms with van der Waals surface area (Å²) in [5, 5.41) is 11.7. The van der Waals surface area contributed by atoms with Crippen LogP contribution in [0.1, 0.15) is 18.9 Å². The van der Waals surface area contributed by atoms with Gasteiger partial charge in [-0.15, -0.1) is 0 Å². The Morgan fingerprint density at radius 2 is 1.96 bits per heavy atom. The number of hydrogen-bond acceptors (Lipinski definition) is 7. The summed E-state index contributed by atoms with van der Waals surface area (Å²) in [5.74, 6) is 0. The average Bonchev–Trinajstić information content (AvgIpc) is 2.59. The number of aliphatic hydroxyl groups excluding tert-OH is 1. The van der Waals surface area contributed by atoms with Gasteiger partial charge in [-0.05, 0) is 38.4 Å². The van der Waals surface area contributed by atoms with Gasteiger partial charge in [-0.1, -0.05) is 24.6 Å². The number of benzene rings is 1. The predicted octanol–water partition coefficient (Wildman–Crippen LogP) is 1.28. The number of ether oxygens (including phenoxy) is 1. The zero-order valence-electron chi connectivity index (χ0n) is 13.0. The molecule has 0 aliphatic rings. The molecular formula is C14H23NO6S2. The Hall–Kier alpha value is -0.970. The number of amides is 1. The highest BCUT2D eigenvalue weighted by Gasteiger charge is 2.16. The number of carbonyl (C=O) groups is 1. The molecule has 0 aromatic heterocycles. The van der Waals surface area contributed by atoms with Gasteiger partial charge >= 0.3 is 0 Å². The van der Waals surface area contributed by atoms with Gasteiger partial charge < -0.3 is 19.7 Å². The van der Waals surface area contributed by atoms with Crippen LogP contribution in [0.2, 0.25) is 0 Å². The minimum absolute atomic E-state index is 0.0337. The Labute approximate surface area is 144 Å². The molecule has 1 amide bonds. The molecule has 1 aromatic rings. The van der Waals surface area contributed by atoms with E-state index < -0.39 is 23.4 Å². The number of hydrogen-bond donors (Lipinski definition) is 4. The van der Waals surface area contributed by atoms with E-state index in [1.807, 2.05) is 26.0 Å². The highest BCUT2D eigenvalue weighted by Crippen LogP contribution is 2.10. The van der Waals surface area contributed by atoms with E-state index in [0.717, 1.165) is 5.56 Å². The van der Waals surface area contributed by atoms with Crippen LogP contribution in [0.3, 0.4) is 0 Å². The van der Waals surface area contributed by atoms with E-state index in [-0.39, 0.29) is 13.2 Å². The fourth-order valence-corrected chi connectivity index (χ4v) is 2.32. The lowest BCUT2D eigenvalue weighted by Crippen LogP contribution is -2.37. The molecule has 0 aliphatic carbocycles. The van der Waals surface area contributed by atoms with Gasteiger partial charge in [0.2, 0.25) is 6.41 Å². The van der Waals surface area contributed by atoms with E-state index >= 15 is 0 Å². The van der Waals surface area contributed by atoms with Gasteiger partial charge in [0.05, 0.1) is 18.1 Å². The lowest BCUT2D eigenvalue weighted by Gasteiger charge is -2.21. The highest BCUT2D eigenvalue weighted by molar-refractivity contribution is 7.80. The minimum atomic E-state index is -1.62. The molecule has 0 heterocycles. The molecule has 1 unspecified atom stereocenters. The first-order valence-corrected chi connectivity index (χ1v) is 8.35. The number of aliphatic hydroxyl groups is 1. The largest absolute Gasteiger partial charge is 0.394 e. The van der Waals surface area contributed by atoms with E-state index in [4.69, 9.17) is 13.5 Å². The summed E-state index contributed by atoms with van der Waals surface area (Å²) >= 11 is 0.912. The van der Waals surface area contributed by atoms with Crippen LogP contribution in [0.25, 0.3) is 0 Å². The molecule has 0 aliphatic heterocycles. The van der Waals surface area contributed by atoms with Crippen molar-refractivity contribution in [3.63, 3.8) is 0 Å². The minimum Gasteiger partial charge on any atom is -0.394 e. The topological polar surface area (TPSA) is 105 Å². The fraction of sp³-hybridized carbons (Fsp3) is 0.500. The lowest BCUT2D eigenvalue weighted by molar-refractivity contribution is -0.118. The predicted molar refractivity (Wildman–Crippen MR) is 90.4 cm³/mol. The second-order valence-electron chi connectivity index (χ2n) is 4.45. The molecule has 0 spiro atoms. The average molecular weight is 365 g/mol. The first-order chi connectivity index (χ1) is 11.1. The summed E-state index contributed by atoms with van der Waals surface area (Å²) in [5.41, 5.74) is 1.07. The molecule has 9 heteroatoms. The van der Waals surface area contributed by atoms with E-state index in [2.05, 4.69) is 18.2 Å². The Morgan fingerprint density at radius 1 is 1.35 bits per heavy atom. The summed E-state index contributed by atoms with van der Waals surface area (Å²) in [7, 11) is 0. The quantitative estimate of drug-likeness (QED) is 0.215. The zero-order valence-corrected chi connectivity index (χ0v) is 14.8. The highest BCUT2D eigenvalue weighted by atomic mass is 32.2. The molecule has 3 atom stereocenters. The van der Waals surface area contributed by atoms with Crippen molar-refractivity contribution < 1.29 is 27.6 Å². The van der Waals surface area contributed by atoms with Crippen LogP contribution in [0.5, 0.6) is 0 Å². The van der Waals surface area contributed by atoms with Gasteiger partial charge in [0, 0.05) is 0 Å². The lowest BCUT2D eigenvalue weighted by atomic mass is 10.2. The van der Waals surface area contributed by atoms with Crippen molar-refractivity contribution in [2.75, 3.05) is 13.2 Å². The first kappa shape index (κ1) is 22.0. The van der Waals surface area contributed by atoms with Crippen molar-refractivity contribution in [1.82, 2.24) is 5.32 Å². The third kappa shape index (κ3) is 9.04. The third-order valence-corrected chi connectivity index (χ3v) is 3.77. The second-order valence-corrected chi connectivity index (χ2v) is 5.63. The second kappa shape index (κ2) is 13.5. The van der Waals surface area contributed by atoms with Crippen molar-refractivity contribution >= 4 is 30.4 Å². The molecular weight excluding hydrogens is 342 g/mol. The van der Waals surface area contributed by atoms with E-state index in [1.54, 1.807) is 12.1 Å². The van der Waals surface area contributed by atoms with Crippen molar-refractivity contribution in [1.29, 1.82) is 0 Å². The van der Waals surface area contributed by atoms with Crippen LogP contribution in [-0.4, -0.2) is 45.8 Å². The molecule has 23 heavy (non-hydrogen) atoms. The van der Waals surface area contributed by atoms with Crippen molar-refractivity contribution in [2.24, 2.45) is 0 Å². The summed E-state index contributed by atoms with van der Waals surface area (Å²) in [6, 6.07) is 7.14. The molecule has 0 bridgehead atoms. The summed E-state index contributed by atoms with van der Waals surface area (Å²) < 4.78 is 29.3. The molecule has 0 saturated carbocycles. The molecule has 0 radical (unpaired) electrons. The van der Waals surface area contributed by atoms with Crippen molar-refractivity contribution in [2.45, 2.75) is 37.5 Å². The Bertz CT molecular complexity index is 457. The number of thiol groups is 1. The number of carbonyl (C=O) groups excluding carboxylic acids is 1. The molecule has 0 fully saturated rings. The van der Waals surface area contributed by atoms with Gasteiger partial charge in [0.15, 0.2) is 11.1 Å². The Kier molecular flexibility index (Phi) is 12.9. The summed E-state index contributed by atoms with van der Waals surface area (Å²) in [4.78, 5) is 10.9. The van der Waals surface area contributed by atoms with Gasteiger partial charge in [0.1, 0.15) is 12.3 Å². The fourth-order valence-electron chi connectivity index (χ4n) is 1.55. The summed E-state index contributed by atoms with van der Waals surface area (Å²) in [6.07, 6.45) is -0.0719. The number of rotatable bonds is 10. The third-order valence-electron chi connectivity index (χ3n) is 2.76. The van der Waals surface area contributed by atoms with Crippen molar-refractivity contribution in [3.8, 4) is 0 Å². The van der Waals surface area contributed by atoms with Crippen LogP contribution < -0.4 is 5.32 Å². The molecule has 7 nitrogen and oxygen atoms in total. The van der Waals surface area contributed by atoms with E-state index in [9.17, 15) is 14.1 Å². The number of aryl methyl sites for hydroxylation is 1. The maximum atomic E-state index is 11.9. The maximum Gasteiger partial charge on any atom is 0.209 e. The van der Waals surface area contributed by atoms with Crippen LogP contribution >= 0.6 is 12.9 Å². The molecule has 132 valence electrons. The standard InChI is InChI=1S/C14H21NO5S.H2OS/c1-3-14(15-10-17)20-12(8-16)9-19-21(18)13-6-4-11(2)5-7-13;1-2/h4-7,10,12,14,16H,3,8-9H2,1-2H3,(H,15,17);1-2H/t12-,14+,21?;/m0./s1.